The molecule has 1 amide bonds. The van der Waals surface area contributed by atoms with E-state index in [9.17, 15) is 14.7 Å². The Balaban J connectivity index is 1.76. The largest absolute Gasteiger partial charge is 0.481 e. The first-order chi connectivity index (χ1) is 12.0. The highest BCUT2D eigenvalue weighted by atomic mass is 32.1. The second-order valence-corrected chi connectivity index (χ2v) is 7.21. The van der Waals surface area contributed by atoms with Gasteiger partial charge in [-0.2, -0.15) is 0 Å². The number of anilines is 1. The molecule has 1 aliphatic rings. The predicted octanol–water partition coefficient (Wildman–Crippen LogP) is 3.71. The Kier molecular flexibility index (Phi) is 3.77. The number of hydrogen-bond donors (Lipinski definition) is 1. The minimum absolute atomic E-state index is 0.0557. The van der Waals surface area contributed by atoms with Crippen LogP contribution in [0.4, 0.5) is 5.69 Å². The van der Waals surface area contributed by atoms with E-state index in [0.29, 0.717) is 0 Å². The van der Waals surface area contributed by atoms with Crippen LogP contribution in [0.25, 0.3) is 20.8 Å². The van der Waals surface area contributed by atoms with Gasteiger partial charge < -0.3 is 10.0 Å². The Morgan fingerprint density at radius 1 is 1.24 bits per heavy atom. The topological polar surface area (TPSA) is 70.5 Å². The highest BCUT2D eigenvalue weighted by Gasteiger charge is 2.35. The van der Waals surface area contributed by atoms with Gasteiger partial charge in [0.25, 0.3) is 0 Å². The summed E-state index contributed by atoms with van der Waals surface area (Å²) in [5, 5.41) is 10.1. The molecule has 5 nitrogen and oxygen atoms in total. The summed E-state index contributed by atoms with van der Waals surface area (Å²) in [6.07, 6.45) is 0.0557. The second-order valence-electron chi connectivity index (χ2n) is 6.18. The molecule has 1 aromatic heterocycles. The van der Waals surface area contributed by atoms with Crippen LogP contribution >= 0.6 is 11.3 Å². The number of carbonyl (C=O) groups is 2. The summed E-state index contributed by atoms with van der Waals surface area (Å²) in [5.74, 6) is -1.70. The molecule has 126 valence electrons. The third kappa shape index (κ3) is 2.68. The fourth-order valence-electron chi connectivity index (χ4n) is 3.24. The van der Waals surface area contributed by atoms with Crippen molar-refractivity contribution in [2.75, 3.05) is 11.4 Å². The normalized spacial score (nSPS) is 17.4. The van der Waals surface area contributed by atoms with E-state index in [4.69, 9.17) is 4.98 Å². The predicted molar refractivity (Wildman–Crippen MR) is 97.9 cm³/mol. The zero-order chi connectivity index (χ0) is 17.6. The van der Waals surface area contributed by atoms with Gasteiger partial charge in [-0.15, -0.1) is 11.3 Å². The highest BCUT2D eigenvalue weighted by molar-refractivity contribution is 7.21. The van der Waals surface area contributed by atoms with Crippen LogP contribution in [0, 0.1) is 12.8 Å². The molecule has 0 spiro atoms. The molecule has 6 heteroatoms. The second kappa shape index (κ2) is 5.97. The highest BCUT2D eigenvalue weighted by Crippen LogP contribution is 2.37. The minimum atomic E-state index is -0.921. The van der Waals surface area contributed by atoms with Crippen molar-refractivity contribution in [2.45, 2.75) is 13.3 Å². The maximum atomic E-state index is 12.3. The smallest absolute Gasteiger partial charge is 0.308 e. The molecule has 4 rings (SSSR count). The van der Waals surface area contributed by atoms with E-state index in [1.54, 1.807) is 16.2 Å². The average molecular weight is 352 g/mol. The summed E-state index contributed by atoms with van der Waals surface area (Å²) in [5.41, 5.74) is 3.65. The van der Waals surface area contributed by atoms with E-state index in [1.165, 1.54) is 0 Å². The van der Waals surface area contributed by atoms with Gasteiger partial charge in [-0.25, -0.2) is 4.98 Å². The monoisotopic (exact) mass is 352 g/mol. The Morgan fingerprint density at radius 3 is 2.76 bits per heavy atom. The van der Waals surface area contributed by atoms with Crippen molar-refractivity contribution < 1.29 is 14.7 Å². The summed E-state index contributed by atoms with van der Waals surface area (Å²) in [6.45, 7) is 2.18. The lowest BCUT2D eigenvalue weighted by Gasteiger charge is -2.20. The van der Waals surface area contributed by atoms with Crippen molar-refractivity contribution in [3.8, 4) is 10.6 Å². The number of rotatable bonds is 3. The number of aliphatic carboxylic acids is 1. The number of aromatic nitrogens is 1. The molecule has 3 aromatic rings. The molecule has 25 heavy (non-hydrogen) atoms. The number of carboxylic acids is 1. The molecule has 0 aliphatic carbocycles. The maximum absolute atomic E-state index is 12.3. The number of carboxylic acid groups (broad SMARTS) is 1. The first-order valence-electron chi connectivity index (χ1n) is 8.03. The fraction of sp³-hybridized carbons (Fsp3) is 0.211. The van der Waals surface area contributed by atoms with Gasteiger partial charge in [-0.05, 0) is 30.7 Å². The van der Waals surface area contributed by atoms with Gasteiger partial charge in [-0.3, -0.25) is 9.59 Å². The standard InChI is InChI=1S/C19H16N2O3S/c1-11-13(18-20-14-6-2-3-8-16(14)25-18)5-4-7-15(11)21-10-12(19(23)24)9-17(21)22/h2-8,12H,9-10H2,1H3,(H,23,24)/t12-/m0/s1. The van der Waals surface area contributed by atoms with Gasteiger partial charge >= 0.3 is 5.97 Å². The van der Waals surface area contributed by atoms with Crippen LogP contribution in [0.2, 0.25) is 0 Å². The summed E-state index contributed by atoms with van der Waals surface area (Å²) < 4.78 is 1.12. The first kappa shape index (κ1) is 15.8. The Labute approximate surface area is 148 Å². The van der Waals surface area contributed by atoms with Crippen LogP contribution in [0.15, 0.2) is 42.5 Å². The third-order valence-electron chi connectivity index (χ3n) is 4.59. The van der Waals surface area contributed by atoms with E-state index in [2.05, 4.69) is 0 Å². The minimum Gasteiger partial charge on any atom is -0.481 e. The number of thiazole rings is 1. The van der Waals surface area contributed by atoms with Gasteiger partial charge in [0.05, 0.1) is 16.1 Å². The molecule has 1 fully saturated rings. The van der Waals surface area contributed by atoms with Crippen molar-refractivity contribution in [2.24, 2.45) is 5.92 Å². The fourth-order valence-corrected chi connectivity index (χ4v) is 4.29. The van der Waals surface area contributed by atoms with E-state index in [1.807, 2.05) is 49.4 Å². The lowest BCUT2D eigenvalue weighted by atomic mass is 10.1. The van der Waals surface area contributed by atoms with Crippen LogP contribution in [0.5, 0.6) is 0 Å². The number of nitrogens with zero attached hydrogens (tertiary/aromatic N) is 2. The van der Waals surface area contributed by atoms with E-state index < -0.39 is 11.9 Å². The molecule has 1 N–H and O–H groups in total. The van der Waals surface area contributed by atoms with E-state index >= 15 is 0 Å². The van der Waals surface area contributed by atoms with Crippen molar-refractivity contribution in [3.05, 3.63) is 48.0 Å². The van der Waals surface area contributed by atoms with Crippen molar-refractivity contribution in [3.63, 3.8) is 0 Å². The molecular formula is C19H16N2O3S. The van der Waals surface area contributed by atoms with Crippen LogP contribution in [0.1, 0.15) is 12.0 Å². The first-order valence-corrected chi connectivity index (χ1v) is 8.85. The molecule has 0 bridgehead atoms. The molecule has 1 saturated heterocycles. The summed E-state index contributed by atoms with van der Waals surface area (Å²) in [6, 6.07) is 13.7. The molecule has 0 unspecified atom stereocenters. The number of hydrogen-bond acceptors (Lipinski definition) is 4. The quantitative estimate of drug-likeness (QED) is 0.780. The zero-order valence-corrected chi connectivity index (χ0v) is 14.4. The van der Waals surface area contributed by atoms with E-state index in [0.717, 1.165) is 32.0 Å². The van der Waals surface area contributed by atoms with Gasteiger partial charge in [-0.1, -0.05) is 24.3 Å². The van der Waals surface area contributed by atoms with Gasteiger partial charge in [0.2, 0.25) is 5.91 Å². The number of para-hydroxylation sites is 1. The SMILES string of the molecule is Cc1c(-c2nc3ccccc3s2)cccc1N1C[C@@H](C(=O)O)CC1=O. The zero-order valence-electron chi connectivity index (χ0n) is 13.6. The number of amides is 1. The molecule has 1 aliphatic heterocycles. The van der Waals surface area contributed by atoms with Crippen LogP contribution in [-0.2, 0) is 9.59 Å². The average Bonchev–Trinajstić information content (AvgIpc) is 3.18. The summed E-state index contributed by atoms with van der Waals surface area (Å²) >= 11 is 1.61. The van der Waals surface area contributed by atoms with Crippen LogP contribution in [-0.4, -0.2) is 28.5 Å². The molecule has 2 aromatic carbocycles. The third-order valence-corrected chi connectivity index (χ3v) is 5.66. The molecule has 0 radical (unpaired) electrons. The number of fused-ring (bicyclic) bond motifs is 1. The van der Waals surface area contributed by atoms with Crippen molar-refractivity contribution in [1.29, 1.82) is 0 Å². The number of benzene rings is 2. The van der Waals surface area contributed by atoms with Crippen LogP contribution < -0.4 is 4.90 Å². The molecule has 2 heterocycles. The van der Waals surface area contributed by atoms with Gasteiger partial charge in [0.1, 0.15) is 5.01 Å². The van der Waals surface area contributed by atoms with Crippen molar-refractivity contribution >= 4 is 39.1 Å². The lowest BCUT2D eigenvalue weighted by molar-refractivity contribution is -0.141. The van der Waals surface area contributed by atoms with Crippen LogP contribution in [0.3, 0.4) is 0 Å². The Bertz CT molecular complexity index is 962. The lowest BCUT2D eigenvalue weighted by Crippen LogP contribution is -2.26. The summed E-state index contributed by atoms with van der Waals surface area (Å²) in [7, 11) is 0. The molecule has 1 atom stereocenters. The van der Waals surface area contributed by atoms with Crippen molar-refractivity contribution in [1.82, 2.24) is 4.98 Å². The molecular weight excluding hydrogens is 336 g/mol. The Morgan fingerprint density at radius 2 is 2.04 bits per heavy atom. The number of carbonyl (C=O) groups excluding carboxylic acids is 1. The van der Waals surface area contributed by atoms with E-state index in [-0.39, 0.29) is 18.9 Å². The van der Waals surface area contributed by atoms with Gasteiger partial charge in [0.15, 0.2) is 0 Å². The maximum Gasteiger partial charge on any atom is 0.308 e. The van der Waals surface area contributed by atoms with Gasteiger partial charge in [0, 0.05) is 24.2 Å². The Hall–Kier alpha value is -2.73. The summed E-state index contributed by atoms with van der Waals surface area (Å²) in [4.78, 5) is 29.8. The molecule has 0 saturated carbocycles.